The van der Waals surface area contributed by atoms with E-state index >= 15 is 0 Å². The molecule has 4 heteroatoms. The van der Waals surface area contributed by atoms with Crippen molar-refractivity contribution < 1.29 is 16.5 Å². The Hall–Kier alpha value is -0.0565. The van der Waals surface area contributed by atoms with Gasteiger partial charge < -0.3 is 0 Å². The van der Waals surface area contributed by atoms with Crippen LogP contribution in [0.25, 0.3) is 0 Å². The Labute approximate surface area is 137 Å². The van der Waals surface area contributed by atoms with Gasteiger partial charge in [0.15, 0.2) is 0 Å². The molecule has 0 N–H and O–H groups in total. The molecule has 0 radical (unpaired) electrons. The van der Waals surface area contributed by atoms with E-state index in [-0.39, 0.29) is 21.9 Å². The van der Waals surface area contributed by atoms with E-state index in [4.69, 9.17) is 23.2 Å². The minimum absolute atomic E-state index is 0. The van der Waals surface area contributed by atoms with Crippen LogP contribution >= 0.6 is 32.4 Å². The number of benzene rings is 2. The van der Waals surface area contributed by atoms with Crippen LogP contribution < -0.4 is 0 Å². The van der Waals surface area contributed by atoms with Gasteiger partial charge in [-0.1, -0.05) is 60.7 Å². The van der Waals surface area contributed by atoms with Crippen molar-refractivity contribution in [3.63, 3.8) is 0 Å². The molecule has 0 aliphatic carbocycles. The summed E-state index contributed by atoms with van der Waals surface area (Å²) < 4.78 is -0.640. The Bertz CT molecular complexity index is 488. The first-order valence-electron chi connectivity index (χ1n) is 5.82. The van der Waals surface area contributed by atoms with Gasteiger partial charge in [-0.3, -0.25) is 0 Å². The van der Waals surface area contributed by atoms with Gasteiger partial charge in [0.05, 0.1) is 9.99 Å². The van der Waals surface area contributed by atoms with Crippen molar-refractivity contribution in [3.8, 4) is 0 Å². The molecule has 0 spiro atoms. The van der Waals surface area contributed by atoms with Crippen LogP contribution in [0, 0.1) is 0 Å². The van der Waals surface area contributed by atoms with E-state index in [1.165, 1.54) is 5.56 Å². The van der Waals surface area contributed by atoms with Crippen molar-refractivity contribution in [2.24, 2.45) is 0 Å². The normalized spacial score (nSPS) is 15.1. The first-order chi connectivity index (χ1) is 8.60. The molecule has 2 rings (SSSR count). The number of hydrogen-bond acceptors (Lipinski definition) is 0. The molecule has 0 aromatic heterocycles. The van der Waals surface area contributed by atoms with E-state index in [2.05, 4.69) is 21.4 Å². The first kappa shape index (κ1) is 17.0. The molecular weight excluding hydrogens is 341 g/mol. The topological polar surface area (TPSA) is 0 Å². The van der Waals surface area contributed by atoms with E-state index < -0.39 is 4.62 Å². The monoisotopic (exact) mass is 354 g/mol. The van der Waals surface area contributed by atoms with Gasteiger partial charge in [-0.05, 0) is 17.5 Å². The fourth-order valence-electron chi connectivity index (χ4n) is 1.84. The average molecular weight is 356 g/mol. The second-order valence-electron chi connectivity index (χ2n) is 4.29. The van der Waals surface area contributed by atoms with Crippen molar-refractivity contribution in [2.75, 3.05) is 0 Å². The van der Waals surface area contributed by atoms with E-state index in [1.54, 1.807) is 0 Å². The fourth-order valence-corrected chi connectivity index (χ4v) is 2.66. The maximum Gasteiger partial charge on any atom is 0.0995 e. The van der Waals surface area contributed by atoms with Crippen LogP contribution in [0.15, 0.2) is 60.7 Å². The second kappa shape index (κ2) is 7.65. The van der Waals surface area contributed by atoms with E-state index in [0.29, 0.717) is 0 Å². The predicted molar refractivity (Wildman–Crippen MR) is 83.5 cm³/mol. The minimum Gasteiger partial charge on any atom is -0.120 e. The largest absolute Gasteiger partial charge is 0.120 e. The molecule has 3 atom stereocenters. The third kappa shape index (κ3) is 4.47. The summed E-state index contributed by atoms with van der Waals surface area (Å²) in [6, 6.07) is 20.1. The summed E-state index contributed by atoms with van der Waals surface area (Å²) in [7, 11) is 2.67. The van der Waals surface area contributed by atoms with Gasteiger partial charge in [0.25, 0.3) is 0 Å². The molecule has 0 nitrogen and oxygen atoms in total. The van der Waals surface area contributed by atoms with Crippen molar-refractivity contribution in [3.05, 3.63) is 71.8 Å². The molecular formula is C15H15Cl2NiP. The molecule has 0 fully saturated rings. The number of hydrogen-bond donors (Lipinski definition) is 0. The summed E-state index contributed by atoms with van der Waals surface area (Å²) in [6.07, 6.45) is 0.740. The zero-order chi connectivity index (χ0) is 13.0. The molecule has 0 bridgehead atoms. The van der Waals surface area contributed by atoms with Gasteiger partial charge in [0.2, 0.25) is 0 Å². The molecule has 0 amide bonds. The third-order valence-electron chi connectivity index (χ3n) is 2.93. The van der Waals surface area contributed by atoms with Gasteiger partial charge in [0.1, 0.15) is 0 Å². The predicted octanol–water partition coefficient (Wildman–Crippen LogP) is 4.80. The summed E-state index contributed by atoms with van der Waals surface area (Å²) in [6.45, 7) is 0. The zero-order valence-electron chi connectivity index (χ0n) is 10.2. The molecule has 3 unspecified atom stereocenters. The molecule has 2 aromatic rings. The first-order valence-corrected chi connectivity index (χ1v) is 7.21. The Morgan fingerprint density at radius 3 is 1.95 bits per heavy atom. The van der Waals surface area contributed by atoms with Crippen LogP contribution in [0.3, 0.4) is 0 Å². The summed E-state index contributed by atoms with van der Waals surface area (Å²) >= 11 is 13.1. The zero-order valence-corrected chi connectivity index (χ0v) is 13.9. The van der Waals surface area contributed by atoms with Crippen LogP contribution in [-0.2, 0) is 27.5 Å². The standard InChI is InChI=1S/C15H15Cl2P.Ni/c16-14(11-12-7-3-1-4-8-12)15(17,18)13-9-5-2-6-10-13;/h1-10,14H,11,18H2;. The molecule has 19 heavy (non-hydrogen) atoms. The Kier molecular flexibility index (Phi) is 6.85. The van der Waals surface area contributed by atoms with Gasteiger partial charge in [-0.2, -0.15) is 0 Å². The van der Waals surface area contributed by atoms with Gasteiger partial charge in [-0.15, -0.1) is 32.4 Å². The number of alkyl halides is 2. The van der Waals surface area contributed by atoms with E-state index in [0.717, 1.165) is 12.0 Å². The molecule has 0 aliphatic rings. The molecule has 0 aliphatic heterocycles. The molecule has 104 valence electrons. The maximum absolute atomic E-state index is 6.59. The van der Waals surface area contributed by atoms with E-state index in [1.807, 2.05) is 48.5 Å². The Morgan fingerprint density at radius 2 is 1.42 bits per heavy atom. The van der Waals surface area contributed by atoms with Gasteiger partial charge >= 0.3 is 0 Å². The Morgan fingerprint density at radius 1 is 0.947 bits per heavy atom. The fraction of sp³-hybridized carbons (Fsp3) is 0.200. The molecule has 0 saturated heterocycles. The van der Waals surface area contributed by atoms with Gasteiger partial charge in [0, 0.05) is 16.5 Å². The SMILES string of the molecule is PC(Cl)(c1ccccc1)C(Cl)Cc1ccccc1.[Ni]. The summed E-state index contributed by atoms with van der Waals surface area (Å²) in [4.78, 5) is 0. The smallest absolute Gasteiger partial charge is 0.0995 e. The Balaban J connectivity index is 0.00000180. The number of rotatable bonds is 4. The quantitative estimate of drug-likeness (QED) is 0.420. The second-order valence-corrected chi connectivity index (χ2v) is 6.72. The van der Waals surface area contributed by atoms with Crippen molar-refractivity contribution in [1.29, 1.82) is 0 Å². The average Bonchev–Trinajstić information content (AvgIpc) is 2.41. The van der Waals surface area contributed by atoms with Crippen molar-refractivity contribution >= 4 is 32.4 Å². The van der Waals surface area contributed by atoms with Gasteiger partial charge in [-0.25, -0.2) is 0 Å². The number of halogens is 2. The molecule has 0 heterocycles. The summed E-state index contributed by atoms with van der Waals surface area (Å²) in [5.41, 5.74) is 2.22. The summed E-state index contributed by atoms with van der Waals surface area (Å²) in [5.74, 6) is 0. The van der Waals surface area contributed by atoms with Crippen LogP contribution in [-0.4, -0.2) is 5.38 Å². The molecule has 2 aromatic carbocycles. The third-order valence-corrected chi connectivity index (χ3v) is 4.97. The van der Waals surface area contributed by atoms with Crippen molar-refractivity contribution in [1.82, 2.24) is 0 Å². The van der Waals surface area contributed by atoms with Crippen molar-refractivity contribution in [2.45, 2.75) is 16.4 Å². The van der Waals surface area contributed by atoms with Crippen LogP contribution in [0.4, 0.5) is 0 Å². The molecule has 0 saturated carbocycles. The maximum atomic E-state index is 6.59. The van der Waals surface area contributed by atoms with Crippen LogP contribution in [0.5, 0.6) is 0 Å². The van der Waals surface area contributed by atoms with Crippen LogP contribution in [0.1, 0.15) is 11.1 Å². The minimum atomic E-state index is -0.640. The summed E-state index contributed by atoms with van der Waals surface area (Å²) in [5, 5.41) is -0.186. The van der Waals surface area contributed by atoms with E-state index in [9.17, 15) is 0 Å². The van der Waals surface area contributed by atoms with Crippen LogP contribution in [0.2, 0.25) is 0 Å².